The summed E-state index contributed by atoms with van der Waals surface area (Å²) < 4.78 is 1.85. The summed E-state index contributed by atoms with van der Waals surface area (Å²) in [5.41, 5.74) is 1.10. The van der Waals surface area contributed by atoms with Crippen LogP contribution in [0.3, 0.4) is 0 Å². The molecule has 0 saturated carbocycles. The summed E-state index contributed by atoms with van der Waals surface area (Å²) in [5, 5.41) is 10.8. The predicted molar refractivity (Wildman–Crippen MR) is 99.2 cm³/mol. The molecule has 0 aromatic carbocycles. The van der Waals surface area contributed by atoms with Gasteiger partial charge in [-0.05, 0) is 33.9 Å². The predicted octanol–water partition coefficient (Wildman–Crippen LogP) is 1.43. The number of aryl methyl sites for hydroxylation is 1. The first-order chi connectivity index (χ1) is 9.54. The molecule has 6 nitrogen and oxygen atoms in total. The van der Waals surface area contributed by atoms with E-state index in [1.165, 1.54) is 0 Å². The van der Waals surface area contributed by atoms with Crippen LogP contribution in [0.2, 0.25) is 0 Å². The van der Waals surface area contributed by atoms with Crippen molar-refractivity contribution < 1.29 is 0 Å². The zero-order valence-electron chi connectivity index (χ0n) is 13.8. The quantitative estimate of drug-likeness (QED) is 0.407. The van der Waals surface area contributed by atoms with Gasteiger partial charge in [-0.2, -0.15) is 5.10 Å². The second-order valence-corrected chi connectivity index (χ2v) is 5.14. The minimum atomic E-state index is 0. The van der Waals surface area contributed by atoms with E-state index in [4.69, 9.17) is 0 Å². The van der Waals surface area contributed by atoms with Crippen LogP contribution in [0, 0.1) is 0 Å². The molecule has 7 heteroatoms. The van der Waals surface area contributed by atoms with Crippen molar-refractivity contribution in [1.29, 1.82) is 0 Å². The zero-order valence-corrected chi connectivity index (χ0v) is 16.1. The lowest BCUT2D eigenvalue weighted by molar-refractivity contribution is 0.278. The molecule has 0 aliphatic heterocycles. The van der Waals surface area contributed by atoms with E-state index >= 15 is 0 Å². The standard InChI is InChI=1S/C14H28N6.HI/c1-6-15-14(16-9-10-19(4)12(2)3)17-11-13-7-8-18-20(13)5;/h7-8,12H,6,9-11H2,1-5H3,(H2,15,16,17);1H. The Labute approximate surface area is 145 Å². The van der Waals surface area contributed by atoms with Crippen molar-refractivity contribution in [2.45, 2.75) is 33.4 Å². The number of nitrogens with one attached hydrogen (secondary N) is 2. The molecule has 0 atom stereocenters. The fourth-order valence-corrected chi connectivity index (χ4v) is 1.67. The first kappa shape index (κ1) is 20.2. The first-order valence-electron chi connectivity index (χ1n) is 7.23. The molecule has 0 unspecified atom stereocenters. The van der Waals surface area contributed by atoms with Crippen molar-refractivity contribution in [2.75, 3.05) is 26.7 Å². The molecule has 0 saturated heterocycles. The SMILES string of the molecule is CCNC(=NCc1ccnn1C)NCCN(C)C(C)C.I. The molecule has 1 aromatic rings. The highest BCUT2D eigenvalue weighted by Crippen LogP contribution is 1.98. The number of guanidine groups is 1. The van der Waals surface area contributed by atoms with Crippen molar-refractivity contribution in [3.8, 4) is 0 Å². The summed E-state index contributed by atoms with van der Waals surface area (Å²) in [4.78, 5) is 6.88. The maximum Gasteiger partial charge on any atom is 0.191 e. The number of halogens is 1. The van der Waals surface area contributed by atoms with E-state index in [-0.39, 0.29) is 24.0 Å². The molecular formula is C14H29IN6. The number of hydrogen-bond acceptors (Lipinski definition) is 3. The van der Waals surface area contributed by atoms with Crippen LogP contribution in [0.4, 0.5) is 0 Å². The molecule has 0 aliphatic carbocycles. The summed E-state index contributed by atoms with van der Waals surface area (Å²) in [6.45, 7) is 9.83. The Bertz CT molecular complexity index is 415. The lowest BCUT2D eigenvalue weighted by atomic mass is 10.3. The Morgan fingerprint density at radius 1 is 1.43 bits per heavy atom. The Kier molecular flexibility index (Phi) is 10.4. The van der Waals surface area contributed by atoms with Crippen molar-refractivity contribution in [3.05, 3.63) is 18.0 Å². The molecule has 122 valence electrons. The highest BCUT2D eigenvalue weighted by atomic mass is 127. The van der Waals surface area contributed by atoms with Crippen LogP contribution in [-0.2, 0) is 13.6 Å². The molecule has 0 fully saturated rings. The summed E-state index contributed by atoms with van der Waals surface area (Å²) >= 11 is 0. The average molecular weight is 408 g/mol. The van der Waals surface area contributed by atoms with Gasteiger partial charge in [0.15, 0.2) is 5.96 Å². The lowest BCUT2D eigenvalue weighted by Crippen LogP contribution is -2.42. The zero-order chi connectivity index (χ0) is 15.0. The van der Waals surface area contributed by atoms with Crippen LogP contribution >= 0.6 is 24.0 Å². The smallest absolute Gasteiger partial charge is 0.191 e. The second kappa shape index (κ2) is 10.8. The Hall–Kier alpha value is -0.830. The van der Waals surface area contributed by atoms with E-state index in [0.717, 1.165) is 31.3 Å². The van der Waals surface area contributed by atoms with Gasteiger partial charge in [0.05, 0.1) is 12.2 Å². The Morgan fingerprint density at radius 3 is 2.67 bits per heavy atom. The molecule has 0 spiro atoms. The van der Waals surface area contributed by atoms with Gasteiger partial charge < -0.3 is 15.5 Å². The third-order valence-corrected chi connectivity index (χ3v) is 3.30. The monoisotopic (exact) mass is 408 g/mol. The number of rotatable bonds is 7. The maximum absolute atomic E-state index is 4.57. The largest absolute Gasteiger partial charge is 0.357 e. The molecule has 0 bridgehead atoms. The van der Waals surface area contributed by atoms with Crippen LogP contribution in [0.1, 0.15) is 26.5 Å². The molecular weight excluding hydrogens is 379 g/mol. The molecule has 0 amide bonds. The van der Waals surface area contributed by atoms with E-state index in [2.05, 4.69) is 53.4 Å². The van der Waals surface area contributed by atoms with Crippen molar-refractivity contribution in [2.24, 2.45) is 12.0 Å². The van der Waals surface area contributed by atoms with Gasteiger partial charge in [0, 0.05) is 38.9 Å². The fraction of sp³-hybridized carbons (Fsp3) is 0.714. The van der Waals surface area contributed by atoms with Crippen molar-refractivity contribution in [1.82, 2.24) is 25.3 Å². The minimum Gasteiger partial charge on any atom is -0.357 e. The van der Waals surface area contributed by atoms with E-state index in [0.29, 0.717) is 12.6 Å². The Morgan fingerprint density at radius 2 is 2.14 bits per heavy atom. The summed E-state index contributed by atoms with van der Waals surface area (Å²) in [5.74, 6) is 0.853. The molecule has 1 aromatic heterocycles. The minimum absolute atomic E-state index is 0. The molecule has 1 heterocycles. The van der Waals surface area contributed by atoms with Crippen LogP contribution in [0.5, 0.6) is 0 Å². The van der Waals surface area contributed by atoms with Gasteiger partial charge in [-0.15, -0.1) is 24.0 Å². The second-order valence-electron chi connectivity index (χ2n) is 5.14. The third kappa shape index (κ3) is 7.66. The summed E-state index contributed by atoms with van der Waals surface area (Å²) in [6.07, 6.45) is 1.79. The maximum atomic E-state index is 4.57. The van der Waals surface area contributed by atoms with Gasteiger partial charge in [-0.25, -0.2) is 4.99 Å². The van der Waals surface area contributed by atoms with Crippen LogP contribution < -0.4 is 10.6 Å². The van der Waals surface area contributed by atoms with E-state index in [9.17, 15) is 0 Å². The summed E-state index contributed by atoms with van der Waals surface area (Å²) in [6, 6.07) is 2.55. The van der Waals surface area contributed by atoms with Gasteiger partial charge in [0.25, 0.3) is 0 Å². The average Bonchev–Trinajstić information content (AvgIpc) is 2.81. The molecule has 1 rings (SSSR count). The van der Waals surface area contributed by atoms with Gasteiger partial charge in [0.2, 0.25) is 0 Å². The Balaban J connectivity index is 0.00000400. The first-order valence-corrected chi connectivity index (χ1v) is 7.23. The van der Waals surface area contributed by atoms with E-state index < -0.39 is 0 Å². The molecule has 2 N–H and O–H groups in total. The molecule has 0 radical (unpaired) electrons. The van der Waals surface area contributed by atoms with Crippen molar-refractivity contribution in [3.63, 3.8) is 0 Å². The highest BCUT2D eigenvalue weighted by molar-refractivity contribution is 14.0. The normalized spacial score (nSPS) is 11.7. The number of likely N-dealkylation sites (N-methyl/N-ethyl adjacent to an activating group) is 1. The van der Waals surface area contributed by atoms with E-state index in [1.54, 1.807) is 6.20 Å². The third-order valence-electron chi connectivity index (χ3n) is 3.30. The van der Waals surface area contributed by atoms with Crippen LogP contribution in [0.15, 0.2) is 17.3 Å². The molecule has 21 heavy (non-hydrogen) atoms. The fourth-order valence-electron chi connectivity index (χ4n) is 1.67. The molecule has 0 aliphatic rings. The number of aliphatic imine (C=N–C) groups is 1. The lowest BCUT2D eigenvalue weighted by Gasteiger charge is -2.21. The van der Waals surface area contributed by atoms with E-state index in [1.807, 2.05) is 17.8 Å². The van der Waals surface area contributed by atoms with Gasteiger partial charge in [0.1, 0.15) is 0 Å². The highest BCUT2D eigenvalue weighted by Gasteiger charge is 2.03. The number of nitrogens with zero attached hydrogens (tertiary/aromatic N) is 4. The van der Waals surface area contributed by atoms with Gasteiger partial charge in [-0.3, -0.25) is 4.68 Å². The van der Waals surface area contributed by atoms with Crippen LogP contribution in [-0.4, -0.2) is 53.4 Å². The topological polar surface area (TPSA) is 57.5 Å². The van der Waals surface area contributed by atoms with Gasteiger partial charge >= 0.3 is 0 Å². The van der Waals surface area contributed by atoms with Crippen molar-refractivity contribution >= 4 is 29.9 Å². The number of hydrogen-bond donors (Lipinski definition) is 2. The van der Waals surface area contributed by atoms with Crippen LogP contribution in [0.25, 0.3) is 0 Å². The van der Waals surface area contributed by atoms with Gasteiger partial charge in [-0.1, -0.05) is 0 Å². The number of aromatic nitrogens is 2. The summed E-state index contributed by atoms with van der Waals surface area (Å²) in [7, 11) is 4.06.